The standard InChI is InChI=1S/C16H23Cl/c1-11(2)14-7-6-8-15(12(3)4)16(14)9-13(5)10-17/h6-9,11-12H,10H2,1-5H3. The molecular weight excluding hydrogens is 228 g/mol. The van der Waals surface area contributed by atoms with E-state index in [-0.39, 0.29) is 0 Å². The lowest BCUT2D eigenvalue weighted by atomic mass is 9.88. The Bertz CT molecular complexity index is 374. The van der Waals surface area contributed by atoms with Crippen LogP contribution >= 0.6 is 11.6 Å². The van der Waals surface area contributed by atoms with E-state index in [1.54, 1.807) is 0 Å². The van der Waals surface area contributed by atoms with E-state index >= 15 is 0 Å². The van der Waals surface area contributed by atoms with Crippen LogP contribution in [0.15, 0.2) is 23.8 Å². The molecule has 0 aliphatic rings. The second kappa shape index (κ2) is 6.26. The van der Waals surface area contributed by atoms with Gasteiger partial charge in [0.05, 0.1) is 0 Å². The van der Waals surface area contributed by atoms with Crippen LogP contribution in [0.5, 0.6) is 0 Å². The van der Waals surface area contributed by atoms with E-state index in [1.165, 1.54) is 22.3 Å². The first-order valence-corrected chi connectivity index (χ1v) is 6.86. The molecular formula is C16H23Cl. The zero-order valence-electron chi connectivity index (χ0n) is 11.5. The molecule has 1 aromatic carbocycles. The summed E-state index contributed by atoms with van der Waals surface area (Å²) in [6.45, 7) is 11.1. The summed E-state index contributed by atoms with van der Waals surface area (Å²) in [5.41, 5.74) is 5.43. The summed E-state index contributed by atoms with van der Waals surface area (Å²) in [6, 6.07) is 6.62. The molecule has 94 valence electrons. The Hall–Kier alpha value is -0.750. The fourth-order valence-electron chi connectivity index (χ4n) is 2.06. The van der Waals surface area contributed by atoms with Crippen LogP contribution < -0.4 is 0 Å². The smallest absolute Gasteiger partial charge is 0.0434 e. The molecule has 1 rings (SSSR count). The SMILES string of the molecule is CC(=Cc1c(C(C)C)cccc1C(C)C)CCl. The van der Waals surface area contributed by atoms with Gasteiger partial charge in [-0.1, -0.05) is 57.5 Å². The third kappa shape index (κ3) is 3.61. The van der Waals surface area contributed by atoms with Gasteiger partial charge < -0.3 is 0 Å². The van der Waals surface area contributed by atoms with Crippen molar-refractivity contribution in [3.05, 3.63) is 40.5 Å². The molecule has 0 aromatic heterocycles. The van der Waals surface area contributed by atoms with Gasteiger partial charge in [0.2, 0.25) is 0 Å². The molecule has 1 aromatic rings. The first kappa shape index (κ1) is 14.3. The molecule has 0 atom stereocenters. The molecule has 1 heteroatoms. The first-order chi connectivity index (χ1) is 7.97. The zero-order chi connectivity index (χ0) is 13.0. The number of benzene rings is 1. The predicted molar refractivity (Wildman–Crippen MR) is 79.0 cm³/mol. The summed E-state index contributed by atoms with van der Waals surface area (Å²) in [7, 11) is 0. The van der Waals surface area contributed by atoms with E-state index in [2.05, 4.69) is 58.9 Å². The van der Waals surface area contributed by atoms with Crippen molar-refractivity contribution in [3.8, 4) is 0 Å². The Labute approximate surface area is 111 Å². The third-order valence-electron chi connectivity index (χ3n) is 3.02. The molecule has 0 spiro atoms. The van der Waals surface area contributed by atoms with Crippen molar-refractivity contribution in [2.45, 2.75) is 46.5 Å². The van der Waals surface area contributed by atoms with Crippen molar-refractivity contribution in [2.75, 3.05) is 5.88 Å². The Morgan fingerprint density at radius 1 is 1.12 bits per heavy atom. The number of alkyl halides is 1. The van der Waals surface area contributed by atoms with Crippen LogP contribution in [-0.4, -0.2) is 5.88 Å². The molecule has 0 saturated carbocycles. The van der Waals surface area contributed by atoms with Crippen molar-refractivity contribution in [1.29, 1.82) is 0 Å². The summed E-state index contributed by atoms with van der Waals surface area (Å²) in [5, 5.41) is 0. The molecule has 0 unspecified atom stereocenters. The van der Waals surface area contributed by atoms with E-state index < -0.39 is 0 Å². The molecule has 0 bridgehead atoms. The van der Waals surface area contributed by atoms with E-state index in [9.17, 15) is 0 Å². The fourth-order valence-corrected chi connectivity index (χ4v) is 2.14. The van der Waals surface area contributed by atoms with E-state index in [1.807, 2.05) is 0 Å². The van der Waals surface area contributed by atoms with Gasteiger partial charge in [-0.25, -0.2) is 0 Å². The summed E-state index contributed by atoms with van der Waals surface area (Å²) in [6.07, 6.45) is 2.25. The van der Waals surface area contributed by atoms with Gasteiger partial charge >= 0.3 is 0 Å². The molecule has 0 aliphatic heterocycles. The van der Waals surface area contributed by atoms with Gasteiger partial charge in [0.25, 0.3) is 0 Å². The summed E-state index contributed by atoms with van der Waals surface area (Å²) >= 11 is 5.90. The normalized spacial score (nSPS) is 12.6. The number of hydrogen-bond acceptors (Lipinski definition) is 0. The predicted octanol–water partition coefficient (Wildman–Crippen LogP) is 5.58. The highest BCUT2D eigenvalue weighted by Gasteiger charge is 2.11. The quantitative estimate of drug-likeness (QED) is 0.613. The third-order valence-corrected chi connectivity index (χ3v) is 3.44. The van der Waals surface area contributed by atoms with E-state index in [0.717, 1.165) is 0 Å². The Morgan fingerprint density at radius 3 is 1.94 bits per heavy atom. The topological polar surface area (TPSA) is 0 Å². The van der Waals surface area contributed by atoms with Crippen LogP contribution in [0.4, 0.5) is 0 Å². The molecule has 0 aliphatic carbocycles. The van der Waals surface area contributed by atoms with Gasteiger partial charge in [-0.2, -0.15) is 0 Å². The fraction of sp³-hybridized carbons (Fsp3) is 0.500. The Balaban J connectivity index is 3.39. The number of rotatable bonds is 4. The molecule has 0 nitrogen and oxygen atoms in total. The average Bonchev–Trinajstić information content (AvgIpc) is 2.28. The summed E-state index contributed by atoms with van der Waals surface area (Å²) < 4.78 is 0. The monoisotopic (exact) mass is 250 g/mol. The molecule has 0 amide bonds. The van der Waals surface area contributed by atoms with Crippen molar-refractivity contribution >= 4 is 17.7 Å². The highest BCUT2D eigenvalue weighted by molar-refractivity contribution is 6.19. The van der Waals surface area contributed by atoms with Gasteiger partial charge in [0.15, 0.2) is 0 Å². The highest BCUT2D eigenvalue weighted by atomic mass is 35.5. The second-order valence-electron chi connectivity index (χ2n) is 5.28. The first-order valence-electron chi connectivity index (χ1n) is 6.33. The van der Waals surface area contributed by atoms with Crippen LogP contribution in [0, 0.1) is 0 Å². The van der Waals surface area contributed by atoms with Gasteiger partial charge in [0.1, 0.15) is 0 Å². The molecule has 0 N–H and O–H groups in total. The van der Waals surface area contributed by atoms with Gasteiger partial charge in [0, 0.05) is 5.88 Å². The maximum absolute atomic E-state index is 5.90. The largest absolute Gasteiger partial charge is 0.122 e. The van der Waals surface area contributed by atoms with Crippen LogP contribution in [-0.2, 0) is 0 Å². The number of allylic oxidation sites excluding steroid dienone is 1. The minimum atomic E-state index is 0.545. The van der Waals surface area contributed by atoms with Crippen LogP contribution in [0.3, 0.4) is 0 Å². The van der Waals surface area contributed by atoms with Gasteiger partial charge in [-0.05, 0) is 35.4 Å². The summed E-state index contributed by atoms with van der Waals surface area (Å²) in [5.74, 6) is 1.69. The zero-order valence-corrected chi connectivity index (χ0v) is 12.3. The lowest BCUT2D eigenvalue weighted by molar-refractivity contribution is 0.829. The van der Waals surface area contributed by atoms with Gasteiger partial charge in [-0.15, -0.1) is 11.6 Å². The molecule has 17 heavy (non-hydrogen) atoms. The Kier molecular flexibility index (Phi) is 5.27. The minimum Gasteiger partial charge on any atom is -0.122 e. The van der Waals surface area contributed by atoms with Crippen molar-refractivity contribution < 1.29 is 0 Å². The maximum atomic E-state index is 5.90. The van der Waals surface area contributed by atoms with Crippen molar-refractivity contribution in [1.82, 2.24) is 0 Å². The van der Waals surface area contributed by atoms with E-state index in [4.69, 9.17) is 11.6 Å². The molecule has 0 fully saturated rings. The molecule has 0 heterocycles. The van der Waals surface area contributed by atoms with Crippen molar-refractivity contribution in [2.24, 2.45) is 0 Å². The maximum Gasteiger partial charge on any atom is 0.0434 e. The minimum absolute atomic E-state index is 0.545. The van der Waals surface area contributed by atoms with E-state index in [0.29, 0.717) is 17.7 Å². The lowest BCUT2D eigenvalue weighted by Gasteiger charge is -2.17. The summed E-state index contributed by atoms with van der Waals surface area (Å²) in [4.78, 5) is 0. The average molecular weight is 251 g/mol. The van der Waals surface area contributed by atoms with Crippen LogP contribution in [0.1, 0.15) is 63.1 Å². The van der Waals surface area contributed by atoms with Crippen LogP contribution in [0.25, 0.3) is 6.08 Å². The molecule has 0 radical (unpaired) electrons. The number of halogens is 1. The highest BCUT2D eigenvalue weighted by Crippen LogP contribution is 2.29. The second-order valence-corrected chi connectivity index (χ2v) is 5.55. The number of hydrogen-bond donors (Lipinski definition) is 0. The Morgan fingerprint density at radius 2 is 1.59 bits per heavy atom. The molecule has 0 saturated heterocycles. The van der Waals surface area contributed by atoms with Crippen LogP contribution in [0.2, 0.25) is 0 Å². The van der Waals surface area contributed by atoms with Gasteiger partial charge in [-0.3, -0.25) is 0 Å². The lowest BCUT2D eigenvalue weighted by Crippen LogP contribution is -2.00. The van der Waals surface area contributed by atoms with Crippen molar-refractivity contribution in [3.63, 3.8) is 0 Å².